The van der Waals surface area contributed by atoms with Gasteiger partial charge in [-0.2, -0.15) is 4.89 Å². The molecule has 62 valence electrons. The Bertz CT molecular complexity index is 245. The topological polar surface area (TPSA) is 94.8 Å². The van der Waals surface area contributed by atoms with Gasteiger partial charge in [-0.05, 0) is 4.57 Å². The molecule has 0 rings (SSSR count). The highest BCUT2D eigenvalue weighted by Crippen LogP contribution is 2.52. The van der Waals surface area contributed by atoms with Gasteiger partial charge >= 0.3 is 21.0 Å². The van der Waals surface area contributed by atoms with Crippen LogP contribution >= 0.6 is 15.6 Å². The summed E-state index contributed by atoms with van der Waals surface area (Å²) in [6, 6.07) is 0. The molecule has 0 saturated carbocycles. The molecule has 3 N–H and O–H groups in total. The average Bonchev–Trinajstić information content (AvgIpc) is 1.79. The largest absolute Gasteiger partial charge is 0.526 e. The summed E-state index contributed by atoms with van der Waals surface area (Å²) in [6.45, 7) is 3.03. The first-order chi connectivity index (χ1) is 4.89. The first-order valence-electron chi connectivity index (χ1n) is 2.46. The van der Waals surface area contributed by atoms with Crippen molar-refractivity contribution in [2.75, 3.05) is 0 Å². The lowest BCUT2D eigenvalue weighted by Crippen LogP contribution is -1.97. The van der Waals surface area contributed by atoms with E-state index in [1.165, 1.54) is 0 Å². The van der Waals surface area contributed by atoms with Gasteiger partial charge in [0.1, 0.15) is 0 Å². The highest BCUT2D eigenvalue weighted by molar-refractivity contribution is 7.65. The first-order valence-corrected chi connectivity index (χ1v) is 5.42. The number of allylic oxidation sites excluding steroid dienone is 1. The maximum atomic E-state index is 10.4. The Labute approximate surface area is 64.1 Å². The third-order valence-corrected chi connectivity index (χ3v) is 3.77. The summed E-state index contributed by atoms with van der Waals surface area (Å²) in [4.78, 5) is 25.3. The zero-order valence-electron chi connectivity index (χ0n) is 5.41. The number of hydrogen-bond acceptors (Lipinski definition) is 2. The van der Waals surface area contributed by atoms with E-state index in [2.05, 4.69) is 6.58 Å². The van der Waals surface area contributed by atoms with Crippen LogP contribution in [0.25, 0.3) is 0 Å². The van der Waals surface area contributed by atoms with Crippen LogP contribution in [0.4, 0.5) is 0 Å². The summed E-state index contributed by atoms with van der Waals surface area (Å²) in [6.07, 6.45) is 0.791. The van der Waals surface area contributed by atoms with E-state index in [1.54, 1.807) is 0 Å². The minimum absolute atomic E-state index is 0.791. The van der Waals surface area contributed by atoms with Gasteiger partial charge in [0.2, 0.25) is 0 Å². The smallest absolute Gasteiger partial charge is 0.321 e. The molecule has 0 aliphatic rings. The third-order valence-electron chi connectivity index (χ3n) is 0.838. The molecule has 7 heteroatoms. The van der Waals surface area contributed by atoms with Crippen LogP contribution in [0.15, 0.2) is 18.4 Å². The normalized spacial score (nSPS) is 15.0. The van der Waals surface area contributed by atoms with Gasteiger partial charge in [-0.15, -0.1) is 5.73 Å². The van der Waals surface area contributed by atoms with Gasteiger partial charge in [-0.1, -0.05) is 6.58 Å². The molecule has 11 heavy (non-hydrogen) atoms. The Kier molecular flexibility index (Phi) is 3.84. The van der Waals surface area contributed by atoms with E-state index in [-0.39, 0.29) is 0 Å². The van der Waals surface area contributed by atoms with E-state index in [1.807, 2.05) is 5.73 Å². The second-order valence-corrected chi connectivity index (χ2v) is 4.98. The van der Waals surface area contributed by atoms with Crippen molar-refractivity contribution < 1.29 is 23.8 Å². The van der Waals surface area contributed by atoms with Crippen molar-refractivity contribution in [3.05, 3.63) is 18.4 Å². The van der Waals surface area contributed by atoms with Crippen molar-refractivity contribution in [2.45, 2.75) is 5.40 Å². The zero-order valence-corrected chi connectivity index (χ0v) is 7.20. The molecule has 0 radical (unpaired) electrons. The van der Waals surface area contributed by atoms with Crippen molar-refractivity contribution in [2.24, 2.45) is 0 Å². The van der Waals surface area contributed by atoms with Crippen LogP contribution in [0, 0.1) is 0 Å². The molecule has 2 unspecified atom stereocenters. The standard InChI is InChI=1S/C4H6O5P2/c1-2-3-4(10(5)6)11(7,8)9/h3-4H,1H2,(H2-,5,6,7,8,9)/p+1. The predicted octanol–water partition coefficient (Wildman–Crippen LogP) is 0.566. The van der Waals surface area contributed by atoms with Crippen LogP contribution in [0.2, 0.25) is 0 Å². The van der Waals surface area contributed by atoms with Gasteiger partial charge in [0.15, 0.2) is 0 Å². The Hall–Kier alpha value is -0.270. The third kappa shape index (κ3) is 3.59. The van der Waals surface area contributed by atoms with Gasteiger partial charge < -0.3 is 9.79 Å². The van der Waals surface area contributed by atoms with E-state index in [4.69, 9.17) is 14.7 Å². The molecule has 0 heterocycles. The van der Waals surface area contributed by atoms with Crippen LogP contribution in [0.5, 0.6) is 0 Å². The van der Waals surface area contributed by atoms with E-state index >= 15 is 0 Å². The number of hydrogen-bond donors (Lipinski definition) is 3. The van der Waals surface area contributed by atoms with E-state index in [0.29, 0.717) is 0 Å². The second-order valence-electron chi connectivity index (χ2n) is 1.68. The van der Waals surface area contributed by atoms with Crippen LogP contribution in [-0.2, 0) is 9.13 Å². The van der Waals surface area contributed by atoms with Crippen molar-refractivity contribution in [3.8, 4) is 0 Å². The van der Waals surface area contributed by atoms with Crippen LogP contribution in [0.1, 0.15) is 0 Å². The fourth-order valence-electron chi connectivity index (χ4n) is 0.395. The molecule has 0 aliphatic heterocycles. The Balaban J connectivity index is 4.77. The summed E-state index contributed by atoms with van der Waals surface area (Å²) in [5.41, 5.74) is 2.04. The summed E-state index contributed by atoms with van der Waals surface area (Å²) < 4.78 is 20.7. The van der Waals surface area contributed by atoms with Gasteiger partial charge in [0, 0.05) is 6.08 Å². The summed E-state index contributed by atoms with van der Waals surface area (Å²) in [5.74, 6) is 0. The lowest BCUT2D eigenvalue weighted by atomic mass is 10.7. The molecule has 0 spiro atoms. The average molecular weight is 197 g/mol. The quantitative estimate of drug-likeness (QED) is 0.454. The molecular formula is C4H7O5P2+. The van der Waals surface area contributed by atoms with Crippen LogP contribution in [-0.4, -0.2) is 20.1 Å². The second kappa shape index (κ2) is 3.93. The van der Waals surface area contributed by atoms with Gasteiger partial charge in [-0.3, -0.25) is 4.57 Å². The first kappa shape index (κ1) is 10.7. The lowest BCUT2D eigenvalue weighted by molar-refractivity contribution is 0.370. The lowest BCUT2D eigenvalue weighted by Gasteiger charge is -1.99. The molecular weight excluding hydrogens is 190 g/mol. The van der Waals surface area contributed by atoms with Crippen LogP contribution in [0.3, 0.4) is 0 Å². The minimum Gasteiger partial charge on any atom is -0.321 e. The molecule has 0 fully saturated rings. The molecule has 0 saturated heterocycles. The van der Waals surface area contributed by atoms with Gasteiger partial charge in [-0.25, -0.2) is 0 Å². The predicted molar refractivity (Wildman–Crippen MR) is 39.4 cm³/mol. The maximum absolute atomic E-state index is 10.4. The Morgan fingerprint density at radius 3 is 2.18 bits per heavy atom. The minimum atomic E-state index is -4.54. The SMILES string of the molecule is C=C=CC([P+](=O)O)P(=O)(O)O. The van der Waals surface area contributed by atoms with E-state index in [0.717, 1.165) is 6.08 Å². The monoisotopic (exact) mass is 197 g/mol. The van der Waals surface area contributed by atoms with Crippen molar-refractivity contribution in [1.29, 1.82) is 0 Å². The highest BCUT2D eigenvalue weighted by atomic mass is 31.2. The molecule has 0 bridgehead atoms. The molecule has 0 aliphatic carbocycles. The number of rotatable bonds is 3. The van der Waals surface area contributed by atoms with Crippen LogP contribution < -0.4 is 0 Å². The fourth-order valence-corrected chi connectivity index (χ4v) is 1.96. The summed E-state index contributed by atoms with van der Waals surface area (Å²) >= 11 is 0. The van der Waals surface area contributed by atoms with E-state index < -0.39 is 21.0 Å². The Morgan fingerprint density at radius 2 is 2.09 bits per heavy atom. The molecule has 0 aromatic carbocycles. The maximum Gasteiger partial charge on any atom is 0.526 e. The molecule has 0 aromatic heterocycles. The van der Waals surface area contributed by atoms with Crippen molar-refractivity contribution in [3.63, 3.8) is 0 Å². The summed E-state index contributed by atoms with van der Waals surface area (Å²) in [5, 5.41) is -1.69. The Morgan fingerprint density at radius 1 is 1.64 bits per heavy atom. The molecule has 0 aromatic rings. The molecule has 5 nitrogen and oxygen atoms in total. The summed E-state index contributed by atoms with van der Waals surface area (Å²) in [7, 11) is -7.47. The highest BCUT2D eigenvalue weighted by Gasteiger charge is 2.43. The van der Waals surface area contributed by atoms with Gasteiger partial charge in [0.25, 0.3) is 0 Å². The van der Waals surface area contributed by atoms with Gasteiger partial charge in [0.05, 0.1) is 0 Å². The zero-order chi connectivity index (χ0) is 9.07. The fraction of sp³-hybridized carbons (Fsp3) is 0.250. The molecule has 0 amide bonds. The van der Waals surface area contributed by atoms with E-state index in [9.17, 15) is 9.13 Å². The molecule has 2 atom stereocenters. The van der Waals surface area contributed by atoms with Crippen molar-refractivity contribution in [1.82, 2.24) is 0 Å². The van der Waals surface area contributed by atoms with Crippen molar-refractivity contribution >= 4 is 15.6 Å².